The number of aromatic amines is 2. The molecule has 0 amide bonds. The minimum absolute atomic E-state index is 0.0428. The van der Waals surface area contributed by atoms with Crippen LogP contribution in [0.1, 0.15) is 21.6 Å². The predicted octanol–water partition coefficient (Wildman–Crippen LogP) is -0.238. The lowest BCUT2D eigenvalue weighted by Gasteiger charge is -2.05. The highest BCUT2D eigenvalue weighted by Gasteiger charge is 2.15. The monoisotopic (exact) mass is 357 g/mol. The molecule has 6 N–H and O–H groups in total. The Bertz CT molecular complexity index is 846. The summed E-state index contributed by atoms with van der Waals surface area (Å²) in [5.74, 6) is -3.47. The molecular weight excluding hydrogens is 340 g/mol. The van der Waals surface area contributed by atoms with E-state index in [0.717, 1.165) is 12.1 Å². The summed E-state index contributed by atoms with van der Waals surface area (Å²) in [4.78, 5) is 37.7. The van der Waals surface area contributed by atoms with Gasteiger partial charge in [0, 0.05) is 12.1 Å². The second-order valence-corrected chi connectivity index (χ2v) is 4.83. The number of hydrogen-bond donors (Lipinski definition) is 5. The van der Waals surface area contributed by atoms with Crippen molar-refractivity contribution < 1.29 is 23.8 Å². The van der Waals surface area contributed by atoms with E-state index in [0.29, 0.717) is 12.1 Å². The fraction of sp³-hybridized carbons (Fsp3) is 0.267. The molecule has 0 radical (unpaired) electrons. The van der Waals surface area contributed by atoms with Crippen LogP contribution in [-0.4, -0.2) is 39.3 Å². The first kappa shape index (κ1) is 20.2. The lowest BCUT2D eigenvalue weighted by Crippen LogP contribution is -2.30. The zero-order valence-electron chi connectivity index (χ0n) is 13.0. The zero-order chi connectivity index (χ0) is 19.0. The highest BCUT2D eigenvalue weighted by molar-refractivity contribution is 5.86. The quantitative estimate of drug-likeness (QED) is 0.499. The van der Waals surface area contributed by atoms with E-state index in [2.05, 4.69) is 0 Å². The summed E-state index contributed by atoms with van der Waals surface area (Å²) in [6.07, 6.45) is 0.0748. The first-order valence-corrected chi connectivity index (χ1v) is 7.13. The maximum atomic E-state index is 13.1. The van der Waals surface area contributed by atoms with Gasteiger partial charge in [0.1, 0.15) is 5.69 Å². The number of aryl methyl sites for hydroxylation is 1. The average Bonchev–Trinajstić information content (AvgIpc) is 2.56. The van der Waals surface area contributed by atoms with Crippen LogP contribution in [0.15, 0.2) is 27.8 Å². The average molecular weight is 357 g/mol. The topological polar surface area (TPSA) is 149 Å². The van der Waals surface area contributed by atoms with Crippen LogP contribution in [0, 0.1) is 11.6 Å². The van der Waals surface area contributed by atoms with Gasteiger partial charge >= 0.3 is 11.7 Å². The summed E-state index contributed by atoms with van der Waals surface area (Å²) in [5.41, 5.74) is 2.79. The van der Waals surface area contributed by atoms with Gasteiger partial charge < -0.3 is 20.9 Å². The number of carboxylic acid groups (broad SMARTS) is 1. The number of carbonyl (C=O) groups is 1. The Kier molecular flexibility index (Phi) is 7.63. The fourth-order valence-electron chi connectivity index (χ4n) is 1.90. The van der Waals surface area contributed by atoms with Crippen molar-refractivity contribution in [3.8, 4) is 0 Å². The summed E-state index contributed by atoms with van der Waals surface area (Å²) >= 11 is 0. The van der Waals surface area contributed by atoms with Crippen molar-refractivity contribution in [1.82, 2.24) is 9.97 Å². The van der Waals surface area contributed by atoms with Crippen LogP contribution in [0.3, 0.4) is 0 Å². The van der Waals surface area contributed by atoms with Crippen molar-refractivity contribution in [2.75, 3.05) is 13.2 Å². The molecule has 10 heteroatoms. The first-order chi connectivity index (χ1) is 11.8. The Morgan fingerprint density at radius 3 is 2.28 bits per heavy atom. The van der Waals surface area contributed by atoms with Crippen molar-refractivity contribution in [1.29, 1.82) is 0 Å². The van der Waals surface area contributed by atoms with E-state index in [-0.39, 0.29) is 25.0 Å². The van der Waals surface area contributed by atoms with Gasteiger partial charge in [-0.05, 0) is 30.5 Å². The molecule has 0 saturated heterocycles. The van der Waals surface area contributed by atoms with E-state index < -0.39 is 34.5 Å². The third kappa shape index (κ3) is 5.94. The van der Waals surface area contributed by atoms with Crippen LogP contribution in [0.2, 0.25) is 0 Å². The molecule has 1 aromatic carbocycles. The summed E-state index contributed by atoms with van der Waals surface area (Å²) in [5, 5.41) is 16.7. The lowest BCUT2D eigenvalue weighted by molar-refractivity contribution is 0.0688. The van der Waals surface area contributed by atoms with E-state index in [1.165, 1.54) is 6.07 Å². The number of nitrogens with two attached hydrogens (primary N) is 1. The van der Waals surface area contributed by atoms with Gasteiger partial charge in [0.05, 0.1) is 6.61 Å². The van der Waals surface area contributed by atoms with Gasteiger partial charge in [-0.3, -0.25) is 9.78 Å². The molecule has 0 bridgehead atoms. The smallest absolute Gasteiger partial charge is 0.352 e. The van der Waals surface area contributed by atoms with Crippen LogP contribution in [0.25, 0.3) is 0 Å². The Hall–Kier alpha value is -2.85. The number of halogens is 2. The fourth-order valence-corrected chi connectivity index (χ4v) is 1.90. The third-order valence-electron chi connectivity index (χ3n) is 3.03. The molecule has 136 valence electrons. The summed E-state index contributed by atoms with van der Waals surface area (Å²) in [6, 6.07) is 3.24. The predicted molar refractivity (Wildman–Crippen MR) is 84.5 cm³/mol. The molecule has 2 aromatic rings. The Morgan fingerprint density at radius 1 is 1.12 bits per heavy atom. The van der Waals surface area contributed by atoms with Crippen LogP contribution >= 0.6 is 0 Å². The molecule has 0 atom stereocenters. The van der Waals surface area contributed by atoms with Crippen LogP contribution < -0.4 is 17.0 Å². The third-order valence-corrected chi connectivity index (χ3v) is 3.03. The number of aliphatic hydroxyl groups is 1. The molecule has 1 heterocycles. The van der Waals surface area contributed by atoms with Crippen molar-refractivity contribution in [3.63, 3.8) is 0 Å². The van der Waals surface area contributed by atoms with Gasteiger partial charge in [0.25, 0.3) is 5.56 Å². The highest BCUT2D eigenvalue weighted by atomic mass is 19.2. The van der Waals surface area contributed by atoms with Gasteiger partial charge in [-0.1, -0.05) is 6.07 Å². The number of benzene rings is 1. The SMILES string of the molecule is NCCO.O=C(O)c1[nH]c(=O)[nH]c(=O)c1CCc1ccc(F)c(F)c1. The number of aliphatic hydroxyl groups excluding tert-OH is 1. The lowest BCUT2D eigenvalue weighted by atomic mass is 10.0. The molecule has 0 unspecified atom stereocenters. The molecule has 0 aliphatic carbocycles. The number of hydrogen-bond acceptors (Lipinski definition) is 5. The second kappa shape index (κ2) is 9.45. The largest absolute Gasteiger partial charge is 0.477 e. The molecule has 0 aliphatic heterocycles. The number of aromatic nitrogens is 2. The molecule has 25 heavy (non-hydrogen) atoms. The number of rotatable bonds is 5. The molecule has 0 spiro atoms. The molecule has 8 nitrogen and oxygen atoms in total. The van der Waals surface area contributed by atoms with Gasteiger partial charge in [0.2, 0.25) is 0 Å². The van der Waals surface area contributed by atoms with E-state index in [4.69, 9.17) is 15.9 Å². The number of H-pyrrole nitrogens is 2. The van der Waals surface area contributed by atoms with E-state index in [9.17, 15) is 23.2 Å². The minimum atomic E-state index is -1.45. The number of aromatic carboxylic acids is 1. The van der Waals surface area contributed by atoms with Crippen LogP contribution in [-0.2, 0) is 12.8 Å². The first-order valence-electron chi connectivity index (χ1n) is 7.13. The molecular formula is C15H17F2N3O5. The molecule has 1 aromatic heterocycles. The second-order valence-electron chi connectivity index (χ2n) is 4.83. The van der Waals surface area contributed by atoms with Crippen LogP contribution in [0.5, 0.6) is 0 Å². The van der Waals surface area contributed by atoms with Crippen molar-refractivity contribution >= 4 is 5.97 Å². The Morgan fingerprint density at radius 2 is 1.76 bits per heavy atom. The highest BCUT2D eigenvalue weighted by Crippen LogP contribution is 2.11. The van der Waals surface area contributed by atoms with Gasteiger partial charge in [0.15, 0.2) is 11.6 Å². The summed E-state index contributed by atoms with van der Waals surface area (Å²) < 4.78 is 25.9. The maximum absolute atomic E-state index is 13.1. The van der Waals surface area contributed by atoms with Crippen LogP contribution in [0.4, 0.5) is 8.78 Å². The van der Waals surface area contributed by atoms with Crippen molar-refractivity contribution in [2.45, 2.75) is 12.8 Å². The van der Waals surface area contributed by atoms with Crippen molar-refractivity contribution in [2.24, 2.45) is 5.73 Å². The summed E-state index contributed by atoms with van der Waals surface area (Å²) in [7, 11) is 0. The maximum Gasteiger partial charge on any atom is 0.352 e. The number of nitrogens with one attached hydrogen (secondary N) is 2. The normalized spacial score (nSPS) is 10.1. The summed E-state index contributed by atoms with van der Waals surface area (Å²) in [6.45, 7) is 0.472. The van der Waals surface area contributed by atoms with Gasteiger partial charge in [-0.25, -0.2) is 18.4 Å². The molecule has 0 saturated carbocycles. The van der Waals surface area contributed by atoms with Gasteiger partial charge in [-0.15, -0.1) is 0 Å². The van der Waals surface area contributed by atoms with E-state index in [1.54, 1.807) is 0 Å². The zero-order valence-corrected chi connectivity index (χ0v) is 13.0. The van der Waals surface area contributed by atoms with E-state index in [1.807, 2.05) is 9.97 Å². The molecule has 0 aliphatic rings. The molecule has 0 fully saturated rings. The van der Waals surface area contributed by atoms with Crippen molar-refractivity contribution in [3.05, 3.63) is 67.5 Å². The number of carboxylic acids is 1. The standard InChI is InChI=1S/C13H10F2N2O4.C2H7NO/c14-8-4-2-6(5-9(8)15)1-3-7-10(12(19)20)16-13(21)17-11(7)18;3-1-2-4/h2,4-5H,1,3H2,(H,19,20)(H2,16,17,18,21);4H,1-3H2. The Balaban J connectivity index is 0.000000705. The van der Waals surface area contributed by atoms with Gasteiger partial charge in [-0.2, -0.15) is 0 Å². The molecule has 2 rings (SSSR count). The minimum Gasteiger partial charge on any atom is -0.477 e. The van der Waals surface area contributed by atoms with E-state index >= 15 is 0 Å². The Labute approximate surface area is 140 Å².